The second kappa shape index (κ2) is 6.80. The van der Waals surface area contributed by atoms with Gasteiger partial charge in [0.05, 0.1) is 6.61 Å². The molecule has 1 amide bonds. The molecule has 0 bridgehead atoms. The van der Waals surface area contributed by atoms with E-state index in [0.29, 0.717) is 18.9 Å². The first-order valence-electron chi connectivity index (χ1n) is 5.67. The number of ether oxygens (including phenoxy) is 1. The summed E-state index contributed by atoms with van der Waals surface area (Å²) in [4.78, 5) is 11.5. The van der Waals surface area contributed by atoms with E-state index in [0.717, 1.165) is 25.7 Å². The zero-order valence-electron chi connectivity index (χ0n) is 9.37. The lowest BCUT2D eigenvalue weighted by Gasteiger charge is -2.20. The van der Waals surface area contributed by atoms with Crippen LogP contribution < -0.4 is 5.32 Å². The Balaban J connectivity index is 2.26. The van der Waals surface area contributed by atoms with E-state index in [1.54, 1.807) is 7.11 Å². The number of hydrogen-bond acceptors (Lipinski definition) is 3. The topological polar surface area (TPSA) is 58.6 Å². The molecule has 0 saturated heterocycles. The van der Waals surface area contributed by atoms with Gasteiger partial charge in [-0.2, -0.15) is 0 Å². The predicted molar refractivity (Wildman–Crippen MR) is 57.5 cm³/mol. The number of methoxy groups -OCH3 is 1. The van der Waals surface area contributed by atoms with Gasteiger partial charge < -0.3 is 15.2 Å². The van der Waals surface area contributed by atoms with Crippen LogP contribution >= 0.6 is 0 Å². The zero-order chi connectivity index (χ0) is 11.1. The van der Waals surface area contributed by atoms with Crippen molar-refractivity contribution in [2.24, 2.45) is 5.92 Å². The van der Waals surface area contributed by atoms with Gasteiger partial charge in [-0.25, -0.2) is 0 Å². The van der Waals surface area contributed by atoms with Crippen LogP contribution in [0.1, 0.15) is 32.1 Å². The largest absolute Gasteiger partial charge is 0.396 e. The molecule has 15 heavy (non-hydrogen) atoms. The number of aliphatic hydroxyl groups excluding tert-OH is 1. The van der Waals surface area contributed by atoms with Crippen LogP contribution in [0.2, 0.25) is 0 Å². The monoisotopic (exact) mass is 215 g/mol. The van der Waals surface area contributed by atoms with Crippen molar-refractivity contribution in [3.63, 3.8) is 0 Å². The van der Waals surface area contributed by atoms with Gasteiger partial charge in [0.2, 0.25) is 5.91 Å². The molecule has 4 nitrogen and oxygen atoms in total. The lowest BCUT2D eigenvalue weighted by Crippen LogP contribution is -2.38. The number of rotatable bonds is 6. The molecular weight excluding hydrogens is 194 g/mol. The van der Waals surface area contributed by atoms with Gasteiger partial charge in [0.1, 0.15) is 0 Å². The Bertz CT molecular complexity index is 196. The van der Waals surface area contributed by atoms with Gasteiger partial charge in [-0.05, 0) is 25.2 Å². The van der Waals surface area contributed by atoms with Crippen LogP contribution in [0.5, 0.6) is 0 Å². The highest BCUT2D eigenvalue weighted by Gasteiger charge is 2.27. The molecule has 0 aromatic carbocycles. The van der Waals surface area contributed by atoms with Crippen LogP contribution in [0.25, 0.3) is 0 Å². The highest BCUT2D eigenvalue weighted by Crippen LogP contribution is 2.28. The minimum atomic E-state index is 0.0617. The van der Waals surface area contributed by atoms with Crippen molar-refractivity contribution in [3.8, 4) is 0 Å². The number of carbonyl (C=O) groups excluding carboxylic acids is 1. The molecule has 2 unspecified atom stereocenters. The number of aliphatic hydroxyl groups is 1. The van der Waals surface area contributed by atoms with Crippen molar-refractivity contribution < 1.29 is 14.6 Å². The average molecular weight is 215 g/mol. The Morgan fingerprint density at radius 2 is 2.33 bits per heavy atom. The number of carbonyl (C=O) groups is 1. The van der Waals surface area contributed by atoms with Crippen LogP contribution in [0.15, 0.2) is 0 Å². The third-order valence-corrected chi connectivity index (χ3v) is 3.04. The van der Waals surface area contributed by atoms with E-state index in [9.17, 15) is 4.79 Å². The summed E-state index contributed by atoms with van der Waals surface area (Å²) in [6, 6.07) is 0.265. The zero-order valence-corrected chi connectivity index (χ0v) is 9.37. The van der Waals surface area contributed by atoms with E-state index in [1.165, 1.54) is 0 Å². The third kappa shape index (κ3) is 4.18. The lowest BCUT2D eigenvalue weighted by molar-refractivity contribution is -0.122. The summed E-state index contributed by atoms with van der Waals surface area (Å²) >= 11 is 0. The van der Waals surface area contributed by atoms with Gasteiger partial charge in [-0.15, -0.1) is 0 Å². The summed E-state index contributed by atoms with van der Waals surface area (Å²) in [5.74, 6) is 0.521. The first-order chi connectivity index (χ1) is 7.27. The average Bonchev–Trinajstić information content (AvgIpc) is 2.63. The molecule has 2 N–H and O–H groups in total. The van der Waals surface area contributed by atoms with E-state index < -0.39 is 0 Å². The van der Waals surface area contributed by atoms with Crippen LogP contribution in [-0.4, -0.2) is 37.4 Å². The predicted octanol–water partition coefficient (Wildman–Crippen LogP) is 0.690. The second-order valence-electron chi connectivity index (χ2n) is 4.12. The first-order valence-corrected chi connectivity index (χ1v) is 5.67. The van der Waals surface area contributed by atoms with Crippen molar-refractivity contribution in [2.45, 2.75) is 38.1 Å². The van der Waals surface area contributed by atoms with Crippen LogP contribution in [0.4, 0.5) is 0 Å². The third-order valence-electron chi connectivity index (χ3n) is 3.04. The highest BCUT2D eigenvalue weighted by molar-refractivity contribution is 5.76. The number of hydrogen-bond donors (Lipinski definition) is 2. The summed E-state index contributed by atoms with van der Waals surface area (Å²) in [6.45, 7) is 0.693. The van der Waals surface area contributed by atoms with Gasteiger partial charge in [0, 0.05) is 26.2 Å². The fourth-order valence-corrected chi connectivity index (χ4v) is 2.21. The summed E-state index contributed by atoms with van der Waals surface area (Å²) in [5, 5.41) is 11.9. The molecule has 0 radical (unpaired) electrons. The Hall–Kier alpha value is -0.610. The quantitative estimate of drug-likeness (QED) is 0.685. The lowest BCUT2D eigenvalue weighted by atomic mass is 10.00. The van der Waals surface area contributed by atoms with Gasteiger partial charge in [-0.1, -0.05) is 6.42 Å². The fourth-order valence-electron chi connectivity index (χ4n) is 2.21. The molecule has 0 aromatic heterocycles. The van der Waals surface area contributed by atoms with Gasteiger partial charge >= 0.3 is 0 Å². The molecule has 1 saturated carbocycles. The highest BCUT2D eigenvalue weighted by atomic mass is 16.5. The molecule has 2 atom stereocenters. The smallest absolute Gasteiger partial charge is 0.222 e. The number of amides is 1. The van der Waals surface area contributed by atoms with E-state index in [-0.39, 0.29) is 18.6 Å². The van der Waals surface area contributed by atoms with Crippen LogP contribution in [0, 0.1) is 5.92 Å². The minimum absolute atomic E-state index is 0.0617. The van der Waals surface area contributed by atoms with Crippen molar-refractivity contribution in [2.75, 3.05) is 20.3 Å². The maximum Gasteiger partial charge on any atom is 0.222 e. The van der Waals surface area contributed by atoms with Crippen molar-refractivity contribution in [1.82, 2.24) is 5.32 Å². The molecule has 1 rings (SSSR count). The number of nitrogens with one attached hydrogen (secondary N) is 1. The summed E-state index contributed by atoms with van der Waals surface area (Å²) in [6.07, 6.45) is 4.55. The molecule has 88 valence electrons. The van der Waals surface area contributed by atoms with Crippen LogP contribution in [0.3, 0.4) is 0 Å². The van der Waals surface area contributed by atoms with Crippen molar-refractivity contribution >= 4 is 5.91 Å². The van der Waals surface area contributed by atoms with Gasteiger partial charge in [0.25, 0.3) is 0 Å². The molecule has 0 aliphatic heterocycles. The molecule has 0 heterocycles. The van der Waals surface area contributed by atoms with E-state index >= 15 is 0 Å². The Kier molecular flexibility index (Phi) is 5.65. The van der Waals surface area contributed by atoms with Crippen molar-refractivity contribution in [3.05, 3.63) is 0 Å². The summed E-state index contributed by atoms with van der Waals surface area (Å²) in [7, 11) is 1.59. The first kappa shape index (κ1) is 12.5. The normalized spacial score (nSPS) is 25.5. The standard InChI is InChI=1S/C11H21NO3/c1-15-8-6-11(14)12-10-4-2-3-9(10)5-7-13/h9-10,13H,2-8H2,1H3,(H,12,14). The molecule has 0 aromatic rings. The molecule has 1 fully saturated rings. The van der Waals surface area contributed by atoms with Gasteiger partial charge in [0.15, 0.2) is 0 Å². The summed E-state index contributed by atoms with van der Waals surface area (Å²) in [5.41, 5.74) is 0. The van der Waals surface area contributed by atoms with Crippen molar-refractivity contribution in [1.29, 1.82) is 0 Å². The molecule has 4 heteroatoms. The fraction of sp³-hybridized carbons (Fsp3) is 0.909. The SMILES string of the molecule is COCCC(=O)NC1CCCC1CCO. The van der Waals surface area contributed by atoms with Crippen LogP contribution in [-0.2, 0) is 9.53 Å². The maximum absolute atomic E-state index is 11.5. The van der Waals surface area contributed by atoms with E-state index in [1.807, 2.05) is 0 Å². The van der Waals surface area contributed by atoms with Gasteiger partial charge in [-0.3, -0.25) is 4.79 Å². The summed E-state index contributed by atoms with van der Waals surface area (Å²) < 4.78 is 4.85. The van der Waals surface area contributed by atoms with E-state index in [2.05, 4.69) is 5.32 Å². The molecule has 1 aliphatic rings. The second-order valence-corrected chi connectivity index (χ2v) is 4.12. The maximum atomic E-state index is 11.5. The molecule has 0 spiro atoms. The minimum Gasteiger partial charge on any atom is -0.396 e. The molecule has 1 aliphatic carbocycles. The van der Waals surface area contributed by atoms with E-state index in [4.69, 9.17) is 9.84 Å². The Morgan fingerprint density at radius 3 is 3.00 bits per heavy atom. The molecular formula is C11H21NO3. The Labute approximate surface area is 91.0 Å². The Morgan fingerprint density at radius 1 is 1.53 bits per heavy atom.